The second-order valence-electron chi connectivity index (χ2n) is 4.55. The molecule has 4 N–H and O–H groups in total. The van der Waals surface area contributed by atoms with Crippen molar-refractivity contribution in [2.75, 3.05) is 29.9 Å². The van der Waals surface area contributed by atoms with Gasteiger partial charge in [-0.05, 0) is 24.6 Å². The maximum atomic E-state index is 13.9. The summed E-state index contributed by atoms with van der Waals surface area (Å²) in [5, 5.41) is 11.1. The molecule has 0 radical (unpaired) electrons. The van der Waals surface area contributed by atoms with Gasteiger partial charge >= 0.3 is 5.97 Å². The van der Waals surface area contributed by atoms with Crippen LogP contribution in [0.25, 0.3) is 0 Å². The van der Waals surface area contributed by atoms with E-state index in [4.69, 9.17) is 10.8 Å². The van der Waals surface area contributed by atoms with Gasteiger partial charge in [-0.2, -0.15) is 0 Å². The second kappa shape index (κ2) is 8.21. The Bertz CT molecular complexity index is 508. The van der Waals surface area contributed by atoms with Gasteiger partial charge in [0.2, 0.25) is 5.91 Å². The second-order valence-corrected chi connectivity index (χ2v) is 4.55. The van der Waals surface area contributed by atoms with Crippen LogP contribution >= 0.6 is 0 Å². The minimum Gasteiger partial charge on any atom is -0.481 e. The minimum atomic E-state index is -0.900. The molecule has 0 unspecified atom stereocenters. The highest BCUT2D eigenvalue weighted by Crippen LogP contribution is 2.22. The molecule has 116 valence electrons. The van der Waals surface area contributed by atoms with Crippen molar-refractivity contribution in [2.24, 2.45) is 5.73 Å². The van der Waals surface area contributed by atoms with Gasteiger partial charge in [-0.25, -0.2) is 4.39 Å². The fourth-order valence-corrected chi connectivity index (χ4v) is 1.87. The molecule has 0 bridgehead atoms. The lowest BCUT2D eigenvalue weighted by molar-refractivity contribution is -0.136. The number of carbonyl (C=O) groups excluding carboxylic acids is 1. The Hall–Kier alpha value is -2.15. The Kier molecular flexibility index (Phi) is 6.61. The van der Waals surface area contributed by atoms with E-state index in [0.29, 0.717) is 18.8 Å². The van der Waals surface area contributed by atoms with Crippen LogP contribution in [0.15, 0.2) is 18.2 Å². The van der Waals surface area contributed by atoms with Gasteiger partial charge in [0.15, 0.2) is 0 Å². The van der Waals surface area contributed by atoms with Crippen LogP contribution in [0.5, 0.6) is 0 Å². The van der Waals surface area contributed by atoms with Crippen molar-refractivity contribution in [3.8, 4) is 0 Å². The number of amides is 1. The van der Waals surface area contributed by atoms with Gasteiger partial charge in [0.1, 0.15) is 5.82 Å². The molecule has 0 aliphatic heterocycles. The highest BCUT2D eigenvalue weighted by molar-refractivity contribution is 5.92. The predicted molar refractivity (Wildman–Crippen MR) is 78.8 cm³/mol. The SMILES string of the molecule is CCCN(CCC(=O)O)c1ccc(NC(=O)CN)c(F)c1. The zero-order valence-electron chi connectivity index (χ0n) is 11.9. The molecule has 21 heavy (non-hydrogen) atoms. The lowest BCUT2D eigenvalue weighted by atomic mass is 10.2. The van der Waals surface area contributed by atoms with Crippen molar-refractivity contribution in [3.63, 3.8) is 0 Å². The van der Waals surface area contributed by atoms with Gasteiger partial charge in [0.25, 0.3) is 0 Å². The molecule has 0 aliphatic carbocycles. The van der Waals surface area contributed by atoms with Gasteiger partial charge in [-0.15, -0.1) is 0 Å². The Morgan fingerprint density at radius 3 is 2.62 bits per heavy atom. The molecule has 0 spiro atoms. The molecule has 0 saturated carbocycles. The van der Waals surface area contributed by atoms with Crippen molar-refractivity contribution in [2.45, 2.75) is 19.8 Å². The Morgan fingerprint density at radius 1 is 1.38 bits per heavy atom. The van der Waals surface area contributed by atoms with Crippen molar-refractivity contribution >= 4 is 23.3 Å². The molecule has 1 amide bonds. The van der Waals surface area contributed by atoms with Crippen LogP contribution in [0.1, 0.15) is 19.8 Å². The van der Waals surface area contributed by atoms with E-state index < -0.39 is 17.7 Å². The van der Waals surface area contributed by atoms with E-state index in [2.05, 4.69) is 5.32 Å². The molecule has 0 fully saturated rings. The van der Waals surface area contributed by atoms with Crippen LogP contribution in [0.2, 0.25) is 0 Å². The summed E-state index contributed by atoms with van der Waals surface area (Å²) in [5.41, 5.74) is 5.80. The number of nitrogens with zero attached hydrogens (tertiary/aromatic N) is 1. The van der Waals surface area contributed by atoms with Crippen LogP contribution in [-0.2, 0) is 9.59 Å². The number of carbonyl (C=O) groups is 2. The third-order valence-electron chi connectivity index (χ3n) is 2.87. The molecule has 6 nitrogen and oxygen atoms in total. The number of nitrogens with two attached hydrogens (primary N) is 1. The minimum absolute atomic E-state index is 0.0206. The lowest BCUT2D eigenvalue weighted by Gasteiger charge is -2.24. The first-order chi connectivity index (χ1) is 9.97. The summed E-state index contributed by atoms with van der Waals surface area (Å²) in [4.78, 5) is 23.6. The third-order valence-corrected chi connectivity index (χ3v) is 2.87. The number of aliphatic carboxylic acids is 1. The number of halogens is 1. The zero-order chi connectivity index (χ0) is 15.8. The highest BCUT2D eigenvalue weighted by atomic mass is 19.1. The zero-order valence-corrected chi connectivity index (χ0v) is 11.9. The average molecular weight is 297 g/mol. The number of nitrogens with one attached hydrogen (secondary N) is 1. The number of hydrogen-bond acceptors (Lipinski definition) is 4. The molecular formula is C14H20FN3O3. The molecule has 0 saturated heterocycles. The first-order valence-electron chi connectivity index (χ1n) is 6.74. The van der Waals surface area contributed by atoms with Crippen LogP contribution in [-0.4, -0.2) is 36.6 Å². The first-order valence-corrected chi connectivity index (χ1v) is 6.74. The molecule has 1 aromatic carbocycles. The number of benzene rings is 1. The van der Waals surface area contributed by atoms with Gasteiger partial charge in [-0.1, -0.05) is 6.92 Å². The number of anilines is 2. The largest absolute Gasteiger partial charge is 0.481 e. The monoisotopic (exact) mass is 297 g/mol. The summed E-state index contributed by atoms with van der Waals surface area (Å²) in [6.07, 6.45) is 0.792. The van der Waals surface area contributed by atoms with Crippen LogP contribution < -0.4 is 16.0 Å². The molecule has 1 aromatic rings. The molecule has 1 rings (SSSR count). The van der Waals surface area contributed by atoms with Gasteiger partial charge in [-0.3, -0.25) is 9.59 Å². The number of rotatable bonds is 8. The van der Waals surface area contributed by atoms with Gasteiger partial charge < -0.3 is 21.1 Å². The standard InChI is InChI=1S/C14H20FN3O3/c1-2-6-18(7-5-14(20)21)10-3-4-12(11(15)8-10)17-13(19)9-16/h3-4,8H,2,5-7,9,16H2,1H3,(H,17,19)(H,20,21). The smallest absolute Gasteiger partial charge is 0.305 e. The van der Waals surface area contributed by atoms with E-state index in [-0.39, 0.29) is 18.7 Å². The Balaban J connectivity index is 2.87. The number of carboxylic acids is 1. The summed E-state index contributed by atoms with van der Waals surface area (Å²) in [7, 11) is 0. The van der Waals surface area contributed by atoms with Crippen molar-refractivity contribution in [3.05, 3.63) is 24.0 Å². The fraction of sp³-hybridized carbons (Fsp3) is 0.429. The van der Waals surface area contributed by atoms with E-state index in [1.165, 1.54) is 12.1 Å². The molecule has 0 aromatic heterocycles. The molecular weight excluding hydrogens is 277 g/mol. The summed E-state index contributed by atoms with van der Waals surface area (Å²) in [6, 6.07) is 4.37. The predicted octanol–water partition coefficient (Wildman–Crippen LogP) is 1.41. The third kappa shape index (κ3) is 5.39. The van der Waals surface area contributed by atoms with Crippen molar-refractivity contribution in [1.82, 2.24) is 0 Å². The van der Waals surface area contributed by atoms with Crippen LogP contribution in [0, 0.1) is 5.82 Å². The number of carboxylic acid groups (broad SMARTS) is 1. The normalized spacial score (nSPS) is 10.2. The topological polar surface area (TPSA) is 95.7 Å². The van der Waals surface area contributed by atoms with Crippen LogP contribution in [0.3, 0.4) is 0 Å². The molecule has 7 heteroatoms. The first kappa shape index (κ1) is 16.9. The molecule has 0 atom stereocenters. The van der Waals surface area contributed by atoms with E-state index in [1.54, 1.807) is 11.0 Å². The van der Waals surface area contributed by atoms with Gasteiger partial charge in [0.05, 0.1) is 18.7 Å². The van der Waals surface area contributed by atoms with Crippen molar-refractivity contribution < 1.29 is 19.1 Å². The fourth-order valence-electron chi connectivity index (χ4n) is 1.87. The summed E-state index contributed by atoms with van der Waals surface area (Å²) < 4.78 is 13.9. The van der Waals surface area contributed by atoms with E-state index in [1.807, 2.05) is 6.92 Å². The lowest BCUT2D eigenvalue weighted by Crippen LogP contribution is -2.27. The van der Waals surface area contributed by atoms with Gasteiger partial charge in [0, 0.05) is 18.8 Å². The van der Waals surface area contributed by atoms with E-state index in [9.17, 15) is 14.0 Å². The summed E-state index contributed by atoms with van der Waals surface area (Å²) >= 11 is 0. The Morgan fingerprint density at radius 2 is 2.10 bits per heavy atom. The maximum absolute atomic E-state index is 13.9. The molecule has 0 aliphatic rings. The van der Waals surface area contributed by atoms with Crippen LogP contribution in [0.4, 0.5) is 15.8 Å². The summed E-state index contributed by atoms with van der Waals surface area (Å²) in [5.74, 6) is -1.95. The average Bonchev–Trinajstić information content (AvgIpc) is 2.45. The summed E-state index contributed by atoms with van der Waals surface area (Å²) in [6.45, 7) is 2.67. The number of hydrogen-bond donors (Lipinski definition) is 3. The maximum Gasteiger partial charge on any atom is 0.305 e. The Labute approximate surface area is 122 Å². The van der Waals surface area contributed by atoms with Crippen molar-refractivity contribution in [1.29, 1.82) is 0 Å². The van der Waals surface area contributed by atoms with E-state index in [0.717, 1.165) is 6.42 Å². The quantitative estimate of drug-likeness (QED) is 0.674. The van der Waals surface area contributed by atoms with E-state index >= 15 is 0 Å². The molecule has 0 heterocycles. The highest BCUT2D eigenvalue weighted by Gasteiger charge is 2.12.